The van der Waals surface area contributed by atoms with Gasteiger partial charge in [0.25, 0.3) is 0 Å². The number of aryl methyl sites for hydroxylation is 1. The van der Waals surface area contributed by atoms with Crippen LogP contribution in [0.3, 0.4) is 0 Å². The average Bonchev–Trinajstić information content (AvgIpc) is 3.45. The van der Waals surface area contributed by atoms with E-state index in [9.17, 15) is 14.4 Å². The molecule has 9 heteroatoms. The number of ether oxygens (including phenoxy) is 1. The van der Waals surface area contributed by atoms with Crippen molar-refractivity contribution < 1.29 is 19.1 Å². The average molecular weight is 496 g/mol. The maximum Gasteiger partial charge on any atom is 0.338 e. The summed E-state index contributed by atoms with van der Waals surface area (Å²) in [7, 11) is 4.54. The van der Waals surface area contributed by atoms with E-state index in [0.29, 0.717) is 16.5 Å². The van der Waals surface area contributed by atoms with Crippen LogP contribution in [-0.4, -0.2) is 63.0 Å². The zero-order valence-electron chi connectivity index (χ0n) is 20.9. The number of benzene rings is 2. The molecule has 0 saturated heterocycles. The second-order valence-corrected chi connectivity index (χ2v) is 8.91. The molecule has 0 fully saturated rings. The fourth-order valence-electron chi connectivity index (χ4n) is 4.57. The molecule has 0 radical (unpaired) electrons. The number of methoxy groups -OCH3 is 1. The molecule has 5 aromatic rings. The van der Waals surface area contributed by atoms with Gasteiger partial charge in [-0.05, 0) is 42.8 Å². The molecule has 0 aliphatic heterocycles. The molecule has 37 heavy (non-hydrogen) atoms. The van der Waals surface area contributed by atoms with Crippen LogP contribution in [0.25, 0.3) is 27.6 Å². The third kappa shape index (κ3) is 4.14. The van der Waals surface area contributed by atoms with Crippen molar-refractivity contribution in [3.8, 4) is 5.69 Å². The molecule has 0 aliphatic rings. The van der Waals surface area contributed by atoms with Crippen LogP contribution >= 0.6 is 0 Å². The first-order valence-electron chi connectivity index (χ1n) is 11.7. The number of hydrogen-bond acceptors (Lipinski definition) is 6. The first-order chi connectivity index (χ1) is 17.8. The molecule has 0 unspecified atom stereocenters. The molecule has 0 aliphatic carbocycles. The number of carbonyl (C=O) groups excluding carboxylic acids is 3. The number of fused-ring (bicyclic) bond motifs is 2. The van der Waals surface area contributed by atoms with Gasteiger partial charge in [0.15, 0.2) is 5.78 Å². The van der Waals surface area contributed by atoms with Gasteiger partial charge in [-0.3, -0.25) is 18.9 Å². The Morgan fingerprint density at radius 2 is 1.73 bits per heavy atom. The lowest BCUT2D eigenvalue weighted by atomic mass is 9.99. The SMILES string of the molecule is COC(=O)c1cccc2c1c(C(=O)Cc1ccc(-n3c(C)nc4cnccc43)cc1)cn2C(=O)N(C)C. The quantitative estimate of drug-likeness (QED) is 0.264. The molecule has 9 nitrogen and oxygen atoms in total. The van der Waals surface area contributed by atoms with Crippen LogP contribution in [0.4, 0.5) is 4.79 Å². The molecule has 186 valence electrons. The van der Waals surface area contributed by atoms with Gasteiger partial charge in [-0.2, -0.15) is 0 Å². The first-order valence-corrected chi connectivity index (χ1v) is 11.7. The van der Waals surface area contributed by atoms with E-state index in [4.69, 9.17) is 4.74 Å². The van der Waals surface area contributed by atoms with Crippen LogP contribution in [-0.2, 0) is 11.2 Å². The van der Waals surface area contributed by atoms with E-state index in [0.717, 1.165) is 28.1 Å². The van der Waals surface area contributed by atoms with E-state index < -0.39 is 5.97 Å². The van der Waals surface area contributed by atoms with Crippen molar-refractivity contribution in [2.24, 2.45) is 0 Å². The maximum absolute atomic E-state index is 13.5. The minimum Gasteiger partial charge on any atom is -0.465 e. The Labute approximate surface area is 212 Å². The maximum atomic E-state index is 13.5. The van der Waals surface area contributed by atoms with Gasteiger partial charge < -0.3 is 9.64 Å². The van der Waals surface area contributed by atoms with Gasteiger partial charge in [0.1, 0.15) is 11.3 Å². The predicted molar refractivity (Wildman–Crippen MR) is 139 cm³/mol. The minimum atomic E-state index is -0.572. The summed E-state index contributed by atoms with van der Waals surface area (Å²) in [5, 5.41) is 0.403. The highest BCUT2D eigenvalue weighted by Gasteiger charge is 2.24. The fraction of sp³-hybridized carbons (Fsp3) is 0.179. The summed E-state index contributed by atoms with van der Waals surface area (Å²) in [5.41, 5.74) is 4.48. The van der Waals surface area contributed by atoms with Gasteiger partial charge in [-0.25, -0.2) is 14.6 Å². The molecule has 1 amide bonds. The lowest BCUT2D eigenvalue weighted by Crippen LogP contribution is -2.26. The Morgan fingerprint density at radius 1 is 0.973 bits per heavy atom. The molecule has 0 N–H and O–H groups in total. The molecule has 0 spiro atoms. The normalized spacial score (nSPS) is 11.1. The van der Waals surface area contributed by atoms with Crippen molar-refractivity contribution in [2.75, 3.05) is 21.2 Å². The van der Waals surface area contributed by atoms with E-state index >= 15 is 0 Å². The third-order valence-corrected chi connectivity index (χ3v) is 6.31. The summed E-state index contributed by atoms with van der Waals surface area (Å²) < 4.78 is 8.36. The number of esters is 1. The number of nitrogens with zero attached hydrogens (tertiary/aromatic N) is 5. The topological polar surface area (TPSA) is 99.3 Å². The summed E-state index contributed by atoms with van der Waals surface area (Å²) in [6, 6.07) is 14.2. The first kappa shape index (κ1) is 23.9. The number of amides is 1. The van der Waals surface area contributed by atoms with Crippen molar-refractivity contribution >= 4 is 39.7 Å². The minimum absolute atomic E-state index is 0.0959. The summed E-state index contributed by atoms with van der Waals surface area (Å²) in [5.74, 6) is 0.0486. The van der Waals surface area contributed by atoms with E-state index in [1.165, 1.54) is 22.8 Å². The standard InChI is InChI=1S/C28H25N5O4/c1-17-30-22-15-29-13-12-23(22)33(17)19-10-8-18(9-11-19)14-25(34)21-16-32(28(36)31(2)3)24-7-5-6-20(26(21)24)27(35)37-4/h5-13,15-16H,14H2,1-4H3. The number of hydrogen-bond donors (Lipinski definition) is 0. The molecule has 3 aromatic heterocycles. The van der Waals surface area contributed by atoms with Gasteiger partial charge in [0, 0.05) is 49.5 Å². The molecular weight excluding hydrogens is 470 g/mol. The van der Waals surface area contributed by atoms with Gasteiger partial charge in [-0.15, -0.1) is 0 Å². The fourth-order valence-corrected chi connectivity index (χ4v) is 4.57. The van der Waals surface area contributed by atoms with Gasteiger partial charge in [0.05, 0.1) is 29.9 Å². The number of rotatable bonds is 5. The van der Waals surface area contributed by atoms with Crippen LogP contribution < -0.4 is 0 Å². The summed E-state index contributed by atoms with van der Waals surface area (Å²) in [6.07, 6.45) is 5.06. The van der Waals surface area contributed by atoms with Gasteiger partial charge in [-0.1, -0.05) is 18.2 Å². The molecule has 2 aromatic carbocycles. The van der Waals surface area contributed by atoms with Crippen LogP contribution in [0.1, 0.15) is 32.1 Å². The Kier molecular flexibility index (Phi) is 6.04. The second kappa shape index (κ2) is 9.34. The highest BCUT2D eigenvalue weighted by molar-refractivity contribution is 6.17. The number of imidazole rings is 1. The number of ketones is 1. The molecule has 0 saturated carbocycles. The summed E-state index contributed by atoms with van der Waals surface area (Å²) >= 11 is 0. The lowest BCUT2D eigenvalue weighted by Gasteiger charge is -2.11. The smallest absolute Gasteiger partial charge is 0.338 e. The largest absolute Gasteiger partial charge is 0.465 e. The van der Waals surface area contributed by atoms with Crippen molar-refractivity contribution in [1.29, 1.82) is 0 Å². The van der Waals surface area contributed by atoms with Crippen molar-refractivity contribution in [3.05, 3.63) is 89.6 Å². The van der Waals surface area contributed by atoms with E-state index in [-0.39, 0.29) is 23.8 Å². The molecule has 5 rings (SSSR count). The Hall–Kier alpha value is -4.79. The zero-order valence-corrected chi connectivity index (χ0v) is 20.9. The number of pyridine rings is 1. The molecule has 0 bridgehead atoms. The monoisotopic (exact) mass is 495 g/mol. The number of aromatic nitrogens is 4. The second-order valence-electron chi connectivity index (χ2n) is 8.91. The Balaban J connectivity index is 1.52. The van der Waals surface area contributed by atoms with Crippen LogP contribution in [0.5, 0.6) is 0 Å². The zero-order chi connectivity index (χ0) is 26.3. The summed E-state index contributed by atoms with van der Waals surface area (Å²) in [4.78, 5) is 49.0. The lowest BCUT2D eigenvalue weighted by molar-refractivity contribution is 0.0603. The van der Waals surface area contributed by atoms with Crippen molar-refractivity contribution in [2.45, 2.75) is 13.3 Å². The molecule has 0 atom stereocenters. The van der Waals surface area contributed by atoms with Crippen LogP contribution in [0, 0.1) is 6.92 Å². The summed E-state index contributed by atoms with van der Waals surface area (Å²) in [6.45, 7) is 1.93. The molecule has 3 heterocycles. The van der Waals surface area contributed by atoms with E-state index in [1.807, 2.05) is 41.8 Å². The van der Waals surface area contributed by atoms with Crippen molar-refractivity contribution in [3.63, 3.8) is 0 Å². The Bertz CT molecular complexity index is 1680. The van der Waals surface area contributed by atoms with Crippen LogP contribution in [0.15, 0.2) is 67.1 Å². The van der Waals surface area contributed by atoms with Crippen LogP contribution in [0.2, 0.25) is 0 Å². The number of Topliss-reactive ketones (excluding diaryl/α,β-unsaturated/α-hetero) is 1. The third-order valence-electron chi connectivity index (χ3n) is 6.31. The highest BCUT2D eigenvalue weighted by atomic mass is 16.5. The van der Waals surface area contributed by atoms with E-state index in [1.54, 1.807) is 44.7 Å². The van der Waals surface area contributed by atoms with E-state index in [2.05, 4.69) is 9.97 Å². The predicted octanol–water partition coefficient (Wildman–Crippen LogP) is 4.43. The van der Waals surface area contributed by atoms with Gasteiger partial charge in [0.2, 0.25) is 0 Å². The number of carbonyl (C=O) groups is 3. The van der Waals surface area contributed by atoms with Crippen molar-refractivity contribution in [1.82, 2.24) is 24.0 Å². The highest BCUT2D eigenvalue weighted by Crippen LogP contribution is 2.28. The molecular formula is C28H25N5O4. The Morgan fingerprint density at radius 3 is 2.43 bits per heavy atom. The van der Waals surface area contributed by atoms with Gasteiger partial charge >= 0.3 is 12.0 Å².